The molecule has 4 nitrogen and oxygen atoms in total. The van der Waals surface area contributed by atoms with Crippen molar-refractivity contribution in [1.82, 2.24) is 9.88 Å². The molecule has 4 rings (SSSR count). The first kappa shape index (κ1) is 16.0. The second-order valence-corrected chi connectivity index (χ2v) is 7.06. The van der Waals surface area contributed by atoms with Crippen LogP contribution in [0.4, 0.5) is 0 Å². The van der Waals surface area contributed by atoms with E-state index in [0.29, 0.717) is 23.8 Å². The van der Waals surface area contributed by atoms with Crippen molar-refractivity contribution in [2.75, 3.05) is 0 Å². The number of fused-ring (bicyclic) bond motifs is 1. The molecular formula is C19H15ClN2O2S. The Bertz CT molecular complexity index is 1020. The van der Waals surface area contributed by atoms with Gasteiger partial charge in [-0.15, -0.1) is 11.3 Å². The Morgan fingerprint density at radius 2 is 2.12 bits per heavy atom. The van der Waals surface area contributed by atoms with Crippen LogP contribution in [0.2, 0.25) is 5.02 Å². The zero-order valence-electron chi connectivity index (χ0n) is 13.2. The number of benzene rings is 1. The Labute approximate surface area is 153 Å². The summed E-state index contributed by atoms with van der Waals surface area (Å²) in [6, 6.07) is 15.3. The maximum Gasteiger partial charge on any atom is 0.268 e. The summed E-state index contributed by atoms with van der Waals surface area (Å²) in [5.74, 6) is 0.602. The van der Waals surface area contributed by atoms with E-state index in [0.717, 1.165) is 21.5 Å². The first-order chi connectivity index (χ1) is 12.2. The van der Waals surface area contributed by atoms with Crippen molar-refractivity contribution in [1.29, 1.82) is 0 Å². The molecule has 0 aliphatic rings. The van der Waals surface area contributed by atoms with Crippen molar-refractivity contribution in [3.63, 3.8) is 0 Å². The van der Waals surface area contributed by atoms with Gasteiger partial charge in [-0.1, -0.05) is 23.7 Å². The third-order valence-corrected chi connectivity index (χ3v) is 5.08. The molecule has 6 heteroatoms. The number of hydrogen-bond donors (Lipinski definition) is 1. The van der Waals surface area contributed by atoms with Gasteiger partial charge in [0.2, 0.25) is 0 Å². The molecule has 126 valence electrons. The normalized spacial score (nSPS) is 11.1. The molecule has 25 heavy (non-hydrogen) atoms. The predicted octanol–water partition coefficient (Wildman–Crippen LogP) is 4.93. The summed E-state index contributed by atoms with van der Waals surface area (Å²) in [6.45, 7) is 0.951. The zero-order valence-corrected chi connectivity index (χ0v) is 14.8. The number of nitrogens with one attached hydrogen (secondary N) is 1. The fourth-order valence-corrected chi connectivity index (χ4v) is 3.86. The van der Waals surface area contributed by atoms with Crippen LogP contribution in [-0.2, 0) is 13.1 Å². The Hall–Kier alpha value is -2.50. The summed E-state index contributed by atoms with van der Waals surface area (Å²) >= 11 is 7.72. The summed E-state index contributed by atoms with van der Waals surface area (Å²) in [7, 11) is 0. The van der Waals surface area contributed by atoms with E-state index >= 15 is 0 Å². The van der Waals surface area contributed by atoms with Gasteiger partial charge in [0.1, 0.15) is 11.5 Å². The molecule has 0 unspecified atom stereocenters. The average Bonchev–Trinajstić information content (AvgIpc) is 3.31. The molecule has 0 fully saturated rings. The quantitative estimate of drug-likeness (QED) is 0.541. The van der Waals surface area contributed by atoms with E-state index in [9.17, 15) is 4.79 Å². The summed E-state index contributed by atoms with van der Waals surface area (Å²) in [5.41, 5.74) is 2.73. The molecule has 0 bridgehead atoms. The number of halogens is 1. The maximum absolute atomic E-state index is 12.7. The zero-order chi connectivity index (χ0) is 17.2. The molecule has 1 amide bonds. The van der Waals surface area contributed by atoms with Crippen LogP contribution in [0.15, 0.2) is 64.6 Å². The fraction of sp³-hybridized carbons (Fsp3) is 0.105. The lowest BCUT2D eigenvalue weighted by molar-refractivity contribution is 0.0939. The number of carbonyl (C=O) groups excluding carboxylic acids is 1. The Morgan fingerprint density at radius 1 is 1.20 bits per heavy atom. The summed E-state index contributed by atoms with van der Waals surface area (Å²) < 4.78 is 8.38. The van der Waals surface area contributed by atoms with E-state index in [-0.39, 0.29) is 5.91 Å². The molecule has 0 spiro atoms. The Balaban J connectivity index is 1.64. The van der Waals surface area contributed by atoms with Crippen LogP contribution in [0.1, 0.15) is 21.8 Å². The second-order valence-electron chi connectivity index (χ2n) is 5.68. The van der Waals surface area contributed by atoms with Gasteiger partial charge in [-0.2, -0.15) is 0 Å². The lowest BCUT2D eigenvalue weighted by Gasteiger charge is -2.11. The largest absolute Gasteiger partial charge is 0.467 e. The SMILES string of the molecule is O=C(NCc1ccco1)c1cc2sccc2n1Cc1cccc(Cl)c1. The predicted molar refractivity (Wildman–Crippen MR) is 100 cm³/mol. The highest BCUT2D eigenvalue weighted by Crippen LogP contribution is 2.26. The van der Waals surface area contributed by atoms with E-state index < -0.39 is 0 Å². The molecule has 0 aliphatic heterocycles. The highest BCUT2D eigenvalue weighted by molar-refractivity contribution is 7.17. The molecule has 0 radical (unpaired) electrons. The number of aromatic nitrogens is 1. The van der Waals surface area contributed by atoms with Crippen LogP contribution in [-0.4, -0.2) is 10.5 Å². The average molecular weight is 371 g/mol. The number of furan rings is 1. The number of hydrogen-bond acceptors (Lipinski definition) is 3. The van der Waals surface area contributed by atoms with E-state index in [1.807, 2.05) is 52.4 Å². The first-order valence-electron chi connectivity index (χ1n) is 7.82. The second kappa shape index (κ2) is 6.78. The standard InChI is InChI=1S/C19H15ClN2O2S/c20-14-4-1-3-13(9-14)12-22-16-6-8-25-18(16)10-17(22)19(23)21-11-15-5-2-7-24-15/h1-10H,11-12H2,(H,21,23). The van der Waals surface area contributed by atoms with E-state index in [2.05, 4.69) is 5.32 Å². The molecular weight excluding hydrogens is 356 g/mol. The van der Waals surface area contributed by atoms with Gasteiger partial charge < -0.3 is 14.3 Å². The van der Waals surface area contributed by atoms with Gasteiger partial charge in [0.15, 0.2) is 0 Å². The summed E-state index contributed by atoms with van der Waals surface area (Å²) in [4.78, 5) is 12.7. The molecule has 4 aromatic rings. The summed E-state index contributed by atoms with van der Waals surface area (Å²) in [5, 5.41) is 5.64. The molecule has 0 saturated carbocycles. The Morgan fingerprint density at radius 3 is 2.92 bits per heavy atom. The van der Waals surface area contributed by atoms with Gasteiger partial charge in [-0.25, -0.2) is 0 Å². The van der Waals surface area contributed by atoms with Crippen LogP contribution < -0.4 is 5.32 Å². The van der Waals surface area contributed by atoms with Gasteiger partial charge in [0.25, 0.3) is 5.91 Å². The van der Waals surface area contributed by atoms with Gasteiger partial charge in [-0.3, -0.25) is 4.79 Å². The number of nitrogens with zero attached hydrogens (tertiary/aromatic N) is 1. The van der Waals surface area contributed by atoms with Crippen molar-refractivity contribution < 1.29 is 9.21 Å². The van der Waals surface area contributed by atoms with E-state index in [4.69, 9.17) is 16.0 Å². The van der Waals surface area contributed by atoms with Crippen LogP contribution >= 0.6 is 22.9 Å². The number of thiophene rings is 1. The van der Waals surface area contributed by atoms with Gasteiger partial charge in [0, 0.05) is 11.6 Å². The van der Waals surface area contributed by atoms with Crippen LogP contribution in [0.5, 0.6) is 0 Å². The molecule has 3 heterocycles. The lowest BCUT2D eigenvalue weighted by atomic mass is 10.2. The van der Waals surface area contributed by atoms with Gasteiger partial charge >= 0.3 is 0 Å². The van der Waals surface area contributed by atoms with E-state index in [1.54, 1.807) is 23.7 Å². The number of rotatable bonds is 5. The highest BCUT2D eigenvalue weighted by Gasteiger charge is 2.17. The smallest absolute Gasteiger partial charge is 0.268 e. The summed E-state index contributed by atoms with van der Waals surface area (Å²) in [6.07, 6.45) is 1.60. The molecule has 0 atom stereocenters. The highest BCUT2D eigenvalue weighted by atomic mass is 35.5. The van der Waals surface area contributed by atoms with Gasteiger partial charge in [-0.05, 0) is 47.3 Å². The van der Waals surface area contributed by atoms with Crippen molar-refractivity contribution in [3.05, 3.63) is 82.2 Å². The topological polar surface area (TPSA) is 47.2 Å². The van der Waals surface area contributed by atoms with Crippen LogP contribution in [0, 0.1) is 0 Å². The molecule has 1 N–H and O–H groups in total. The molecule has 3 aromatic heterocycles. The Kier molecular flexibility index (Phi) is 4.34. The van der Waals surface area contributed by atoms with Crippen molar-refractivity contribution in [3.8, 4) is 0 Å². The van der Waals surface area contributed by atoms with Crippen LogP contribution in [0.3, 0.4) is 0 Å². The number of carbonyl (C=O) groups is 1. The monoisotopic (exact) mass is 370 g/mol. The van der Waals surface area contributed by atoms with Crippen molar-refractivity contribution in [2.24, 2.45) is 0 Å². The molecule has 1 aromatic carbocycles. The van der Waals surface area contributed by atoms with Crippen LogP contribution in [0.25, 0.3) is 10.2 Å². The minimum atomic E-state index is -0.123. The molecule has 0 aliphatic carbocycles. The van der Waals surface area contributed by atoms with Crippen molar-refractivity contribution in [2.45, 2.75) is 13.1 Å². The maximum atomic E-state index is 12.7. The molecule has 0 saturated heterocycles. The van der Waals surface area contributed by atoms with E-state index in [1.165, 1.54) is 0 Å². The third-order valence-electron chi connectivity index (χ3n) is 3.99. The minimum Gasteiger partial charge on any atom is -0.467 e. The number of amides is 1. The first-order valence-corrected chi connectivity index (χ1v) is 9.08. The third kappa shape index (κ3) is 3.34. The van der Waals surface area contributed by atoms with Gasteiger partial charge in [0.05, 0.1) is 23.0 Å². The fourth-order valence-electron chi connectivity index (χ4n) is 2.82. The lowest BCUT2D eigenvalue weighted by Crippen LogP contribution is -2.25. The van der Waals surface area contributed by atoms with Crippen molar-refractivity contribution >= 4 is 39.1 Å². The minimum absolute atomic E-state index is 0.123.